The fourth-order valence-electron chi connectivity index (χ4n) is 3.66. The summed E-state index contributed by atoms with van der Waals surface area (Å²) in [5, 5.41) is 4.80. The predicted molar refractivity (Wildman–Crippen MR) is 109 cm³/mol. The molecular formula is C21H26ClN5. The van der Waals surface area contributed by atoms with Crippen molar-refractivity contribution >= 4 is 12.4 Å². The van der Waals surface area contributed by atoms with Crippen LogP contribution in [0.3, 0.4) is 0 Å². The van der Waals surface area contributed by atoms with Crippen LogP contribution in [0.5, 0.6) is 0 Å². The number of halogens is 1. The first-order valence-electron chi connectivity index (χ1n) is 9.46. The maximum Gasteiger partial charge on any atom is 0.155 e. The Morgan fingerprint density at radius 3 is 2.37 bits per heavy atom. The molecule has 1 saturated carbocycles. The molecule has 4 rings (SSSR count). The summed E-state index contributed by atoms with van der Waals surface area (Å²) in [5.74, 6) is 3.19. The monoisotopic (exact) mass is 383 g/mol. The number of aromatic nitrogens is 4. The predicted octanol–water partition coefficient (Wildman–Crippen LogP) is 3.85. The van der Waals surface area contributed by atoms with Gasteiger partial charge in [-0.1, -0.05) is 36.4 Å². The van der Waals surface area contributed by atoms with Crippen LogP contribution in [0.1, 0.15) is 48.8 Å². The van der Waals surface area contributed by atoms with Crippen LogP contribution in [0, 0.1) is 0 Å². The molecule has 0 spiro atoms. The molecule has 0 unspecified atom stereocenters. The average molecular weight is 384 g/mol. The summed E-state index contributed by atoms with van der Waals surface area (Å²) >= 11 is 0. The molecule has 5 nitrogen and oxygen atoms in total. The van der Waals surface area contributed by atoms with Crippen LogP contribution in [-0.2, 0) is 12.8 Å². The zero-order chi connectivity index (χ0) is 17.8. The van der Waals surface area contributed by atoms with Crippen molar-refractivity contribution in [3.05, 3.63) is 71.9 Å². The van der Waals surface area contributed by atoms with E-state index in [2.05, 4.69) is 29.2 Å². The maximum atomic E-state index is 6.09. The third kappa shape index (κ3) is 4.73. The largest absolute Gasteiger partial charge is 0.328 e. The maximum absolute atomic E-state index is 6.09. The quantitative estimate of drug-likeness (QED) is 0.726. The molecule has 1 aliphatic carbocycles. The number of hydrogen-bond donors (Lipinski definition) is 1. The van der Waals surface area contributed by atoms with Gasteiger partial charge in [-0.2, -0.15) is 4.68 Å². The Kier molecular flexibility index (Phi) is 6.58. The van der Waals surface area contributed by atoms with Crippen LogP contribution < -0.4 is 5.73 Å². The average Bonchev–Trinajstić information content (AvgIpc) is 3.13. The van der Waals surface area contributed by atoms with Gasteiger partial charge in [-0.15, -0.1) is 17.5 Å². The second kappa shape index (κ2) is 9.11. The third-order valence-electron chi connectivity index (χ3n) is 5.16. The number of hydrogen-bond acceptors (Lipinski definition) is 4. The first kappa shape index (κ1) is 19.5. The number of rotatable bonds is 5. The molecule has 27 heavy (non-hydrogen) atoms. The molecule has 1 aliphatic rings. The standard InChI is InChI=1S/C21H25N5.ClH/c22-18-12-10-17(11-13-18)21-24-19(14-9-16-6-2-1-3-7-16)25-26(21)20-8-4-5-15-23-20;/h1-8,15,17-18H,9-14,22H2;1H. The topological polar surface area (TPSA) is 69.6 Å². The molecule has 1 fully saturated rings. The lowest BCUT2D eigenvalue weighted by Crippen LogP contribution is -2.26. The molecule has 2 N–H and O–H groups in total. The van der Waals surface area contributed by atoms with Gasteiger partial charge in [0, 0.05) is 24.6 Å². The van der Waals surface area contributed by atoms with Crippen molar-refractivity contribution in [3.8, 4) is 5.82 Å². The van der Waals surface area contributed by atoms with Gasteiger partial charge in [0.05, 0.1) is 0 Å². The lowest BCUT2D eigenvalue weighted by Gasteiger charge is -2.25. The van der Waals surface area contributed by atoms with E-state index in [4.69, 9.17) is 15.8 Å². The highest BCUT2D eigenvalue weighted by Crippen LogP contribution is 2.32. The van der Waals surface area contributed by atoms with Gasteiger partial charge >= 0.3 is 0 Å². The van der Waals surface area contributed by atoms with E-state index >= 15 is 0 Å². The molecule has 1 aromatic carbocycles. The minimum absolute atomic E-state index is 0. The number of pyridine rings is 1. The Morgan fingerprint density at radius 1 is 0.926 bits per heavy atom. The molecule has 2 aromatic heterocycles. The molecule has 2 heterocycles. The molecule has 0 aliphatic heterocycles. The van der Waals surface area contributed by atoms with E-state index in [-0.39, 0.29) is 12.4 Å². The fourth-order valence-corrected chi connectivity index (χ4v) is 3.66. The van der Waals surface area contributed by atoms with Gasteiger partial charge in [-0.25, -0.2) is 9.97 Å². The number of nitrogens with zero attached hydrogens (tertiary/aromatic N) is 4. The lowest BCUT2D eigenvalue weighted by molar-refractivity contribution is 0.380. The summed E-state index contributed by atoms with van der Waals surface area (Å²) in [5.41, 5.74) is 7.40. The Bertz CT molecular complexity index is 826. The molecular weight excluding hydrogens is 358 g/mol. The van der Waals surface area contributed by atoms with Crippen molar-refractivity contribution in [3.63, 3.8) is 0 Å². The summed E-state index contributed by atoms with van der Waals surface area (Å²) in [7, 11) is 0. The summed E-state index contributed by atoms with van der Waals surface area (Å²) in [4.78, 5) is 9.41. The molecule has 0 amide bonds. The van der Waals surface area contributed by atoms with Gasteiger partial charge in [0.1, 0.15) is 5.82 Å². The van der Waals surface area contributed by atoms with E-state index in [1.54, 1.807) is 6.20 Å². The van der Waals surface area contributed by atoms with Gasteiger partial charge in [0.15, 0.2) is 11.6 Å². The van der Waals surface area contributed by atoms with Gasteiger partial charge in [0.2, 0.25) is 0 Å². The van der Waals surface area contributed by atoms with Crippen LogP contribution in [0.15, 0.2) is 54.7 Å². The van der Waals surface area contributed by atoms with Crippen molar-refractivity contribution in [2.75, 3.05) is 0 Å². The summed E-state index contributed by atoms with van der Waals surface area (Å²) in [6.45, 7) is 0. The Labute approximate surface area is 166 Å². The Hall–Kier alpha value is -2.24. The van der Waals surface area contributed by atoms with Crippen LogP contribution >= 0.6 is 12.4 Å². The fraction of sp³-hybridized carbons (Fsp3) is 0.381. The second-order valence-corrected chi connectivity index (χ2v) is 7.08. The molecule has 3 aromatic rings. The number of aryl methyl sites for hydroxylation is 2. The molecule has 0 saturated heterocycles. The summed E-state index contributed by atoms with van der Waals surface area (Å²) < 4.78 is 1.95. The van der Waals surface area contributed by atoms with Crippen LogP contribution in [0.25, 0.3) is 5.82 Å². The molecule has 0 radical (unpaired) electrons. The van der Waals surface area contributed by atoms with Gasteiger partial charge in [-0.05, 0) is 49.8 Å². The van der Waals surface area contributed by atoms with E-state index in [1.807, 2.05) is 28.9 Å². The van der Waals surface area contributed by atoms with E-state index in [0.717, 1.165) is 56.0 Å². The van der Waals surface area contributed by atoms with Crippen molar-refractivity contribution in [2.45, 2.75) is 50.5 Å². The van der Waals surface area contributed by atoms with Gasteiger partial charge in [-0.3, -0.25) is 0 Å². The zero-order valence-corrected chi connectivity index (χ0v) is 16.2. The van der Waals surface area contributed by atoms with Crippen LogP contribution in [0.2, 0.25) is 0 Å². The Morgan fingerprint density at radius 2 is 1.67 bits per heavy atom. The highest BCUT2D eigenvalue weighted by molar-refractivity contribution is 5.85. The van der Waals surface area contributed by atoms with Gasteiger partial charge in [0.25, 0.3) is 0 Å². The molecule has 0 atom stereocenters. The highest BCUT2D eigenvalue weighted by Gasteiger charge is 2.26. The number of benzene rings is 1. The van der Waals surface area contributed by atoms with Crippen LogP contribution in [0.4, 0.5) is 0 Å². The van der Waals surface area contributed by atoms with E-state index in [0.29, 0.717) is 12.0 Å². The second-order valence-electron chi connectivity index (χ2n) is 7.08. The first-order chi connectivity index (χ1) is 12.8. The zero-order valence-electron chi connectivity index (χ0n) is 15.4. The van der Waals surface area contributed by atoms with Crippen molar-refractivity contribution in [1.29, 1.82) is 0 Å². The molecule has 0 bridgehead atoms. The van der Waals surface area contributed by atoms with Gasteiger partial charge < -0.3 is 5.73 Å². The normalized spacial score (nSPS) is 19.4. The van der Waals surface area contributed by atoms with Crippen molar-refractivity contribution in [1.82, 2.24) is 19.7 Å². The summed E-state index contributed by atoms with van der Waals surface area (Å²) in [6, 6.07) is 16.7. The molecule has 6 heteroatoms. The van der Waals surface area contributed by atoms with Crippen molar-refractivity contribution in [2.24, 2.45) is 5.73 Å². The minimum atomic E-state index is 0. The van der Waals surface area contributed by atoms with Crippen molar-refractivity contribution < 1.29 is 0 Å². The smallest absolute Gasteiger partial charge is 0.155 e. The highest BCUT2D eigenvalue weighted by atomic mass is 35.5. The minimum Gasteiger partial charge on any atom is -0.328 e. The SMILES string of the molecule is Cl.NC1CCC(c2nc(CCc3ccccc3)nn2-c2ccccn2)CC1. The summed E-state index contributed by atoms with van der Waals surface area (Å²) in [6.07, 6.45) is 7.85. The molecule has 142 valence electrons. The van der Waals surface area contributed by atoms with Crippen LogP contribution in [-0.4, -0.2) is 25.8 Å². The first-order valence-corrected chi connectivity index (χ1v) is 9.46. The van der Waals surface area contributed by atoms with E-state index in [9.17, 15) is 0 Å². The Balaban J connectivity index is 0.00000210. The lowest BCUT2D eigenvalue weighted by atomic mass is 9.86. The third-order valence-corrected chi connectivity index (χ3v) is 5.16. The number of nitrogens with two attached hydrogens (primary N) is 1. The van der Waals surface area contributed by atoms with E-state index in [1.165, 1.54) is 5.56 Å². The van der Waals surface area contributed by atoms with E-state index < -0.39 is 0 Å².